The molecule has 0 fully saturated rings. The van der Waals surface area contributed by atoms with E-state index in [2.05, 4.69) is 10.4 Å². The normalized spacial score (nSPS) is 10.8. The lowest BCUT2D eigenvalue weighted by Crippen LogP contribution is -2.23. The van der Waals surface area contributed by atoms with E-state index in [1.165, 1.54) is 6.08 Å². The minimum Gasteiger partial charge on any atom is -0.497 e. The van der Waals surface area contributed by atoms with Crippen molar-refractivity contribution in [1.29, 1.82) is 0 Å². The van der Waals surface area contributed by atoms with Crippen LogP contribution in [0.4, 0.5) is 0 Å². The molecule has 0 spiro atoms. The summed E-state index contributed by atoms with van der Waals surface area (Å²) in [7, 11) is 3.48. The first-order chi connectivity index (χ1) is 10.2. The number of amides is 1. The summed E-state index contributed by atoms with van der Waals surface area (Å²) >= 11 is 0. The number of aryl methyl sites for hydroxylation is 1. The number of carbonyl (C=O) groups excluding carboxylic acids is 1. The zero-order valence-electron chi connectivity index (χ0n) is 12.2. The third-order valence-corrected chi connectivity index (χ3v) is 3.02. The number of aromatic nitrogens is 2. The number of rotatable bonds is 6. The van der Waals surface area contributed by atoms with Crippen molar-refractivity contribution >= 4 is 12.0 Å². The third kappa shape index (κ3) is 4.80. The smallest absolute Gasteiger partial charge is 0.244 e. The number of ether oxygens (including phenoxy) is 1. The monoisotopic (exact) mass is 285 g/mol. The van der Waals surface area contributed by atoms with Crippen LogP contribution in [0.25, 0.3) is 6.08 Å². The molecule has 0 aliphatic heterocycles. The maximum atomic E-state index is 11.7. The summed E-state index contributed by atoms with van der Waals surface area (Å²) in [6, 6.07) is 7.83. The topological polar surface area (TPSA) is 56.1 Å². The lowest BCUT2D eigenvalue weighted by molar-refractivity contribution is -0.116. The first-order valence-corrected chi connectivity index (χ1v) is 6.75. The number of hydrogen-bond acceptors (Lipinski definition) is 3. The molecule has 0 saturated heterocycles. The molecule has 5 heteroatoms. The Balaban J connectivity index is 1.74. The highest BCUT2D eigenvalue weighted by atomic mass is 16.5. The molecule has 0 saturated carbocycles. The summed E-state index contributed by atoms with van der Waals surface area (Å²) in [5.74, 6) is 0.731. The molecule has 0 aliphatic rings. The van der Waals surface area contributed by atoms with Gasteiger partial charge in [-0.2, -0.15) is 5.10 Å². The minimum absolute atomic E-state index is 0.104. The molecule has 0 atom stereocenters. The highest BCUT2D eigenvalue weighted by Gasteiger charge is 1.98. The van der Waals surface area contributed by atoms with Crippen molar-refractivity contribution in [1.82, 2.24) is 15.1 Å². The summed E-state index contributed by atoms with van der Waals surface area (Å²) < 4.78 is 6.80. The van der Waals surface area contributed by atoms with Gasteiger partial charge in [-0.25, -0.2) is 0 Å². The van der Waals surface area contributed by atoms with Crippen molar-refractivity contribution in [3.05, 3.63) is 53.9 Å². The molecule has 1 aromatic carbocycles. The van der Waals surface area contributed by atoms with Gasteiger partial charge in [0.05, 0.1) is 13.3 Å². The Morgan fingerprint density at radius 3 is 2.76 bits per heavy atom. The highest BCUT2D eigenvalue weighted by Crippen LogP contribution is 2.11. The predicted molar refractivity (Wildman–Crippen MR) is 81.9 cm³/mol. The molecular weight excluding hydrogens is 266 g/mol. The van der Waals surface area contributed by atoms with E-state index in [4.69, 9.17) is 4.74 Å². The van der Waals surface area contributed by atoms with Crippen LogP contribution in [-0.4, -0.2) is 29.3 Å². The number of hydrogen-bond donors (Lipinski definition) is 1. The lowest BCUT2D eigenvalue weighted by atomic mass is 10.1. The van der Waals surface area contributed by atoms with Crippen molar-refractivity contribution in [3.8, 4) is 5.75 Å². The van der Waals surface area contributed by atoms with Gasteiger partial charge in [-0.3, -0.25) is 9.48 Å². The molecule has 0 radical (unpaired) electrons. The summed E-state index contributed by atoms with van der Waals surface area (Å²) in [6.45, 7) is 0.600. The van der Waals surface area contributed by atoms with Crippen LogP contribution in [0.1, 0.15) is 11.1 Å². The van der Waals surface area contributed by atoms with Crippen LogP contribution in [0.3, 0.4) is 0 Å². The zero-order valence-corrected chi connectivity index (χ0v) is 12.2. The van der Waals surface area contributed by atoms with E-state index in [1.807, 2.05) is 37.5 Å². The second kappa shape index (κ2) is 7.28. The second-order valence-corrected chi connectivity index (χ2v) is 4.67. The first kappa shape index (κ1) is 14.8. The number of nitrogens with zero attached hydrogens (tertiary/aromatic N) is 2. The molecule has 2 rings (SSSR count). The number of nitrogens with one attached hydrogen (secondary N) is 1. The highest BCUT2D eigenvalue weighted by molar-refractivity contribution is 5.91. The molecule has 0 unspecified atom stereocenters. The van der Waals surface area contributed by atoms with Crippen LogP contribution >= 0.6 is 0 Å². The molecule has 1 amide bonds. The lowest BCUT2D eigenvalue weighted by Gasteiger charge is -2.04. The van der Waals surface area contributed by atoms with Crippen molar-refractivity contribution in [2.24, 2.45) is 7.05 Å². The van der Waals surface area contributed by atoms with E-state index in [9.17, 15) is 4.79 Å². The molecule has 1 aromatic heterocycles. The maximum Gasteiger partial charge on any atom is 0.244 e. The number of carbonyl (C=O) groups is 1. The molecule has 0 bridgehead atoms. The van der Waals surface area contributed by atoms with Crippen LogP contribution in [0.5, 0.6) is 5.75 Å². The van der Waals surface area contributed by atoms with Gasteiger partial charge in [-0.15, -0.1) is 0 Å². The van der Waals surface area contributed by atoms with Gasteiger partial charge < -0.3 is 10.1 Å². The average Bonchev–Trinajstić information content (AvgIpc) is 2.91. The Kier molecular flexibility index (Phi) is 5.15. The molecular formula is C16H19N3O2. The maximum absolute atomic E-state index is 11.7. The van der Waals surface area contributed by atoms with Crippen molar-refractivity contribution in [2.75, 3.05) is 13.7 Å². The summed E-state index contributed by atoms with van der Waals surface area (Å²) in [5, 5.41) is 6.89. The largest absolute Gasteiger partial charge is 0.497 e. The SMILES string of the molecule is COc1ccc(CCNC(=O)/C=C/c2cnn(C)c2)cc1. The van der Waals surface area contributed by atoms with Crippen molar-refractivity contribution < 1.29 is 9.53 Å². The second-order valence-electron chi connectivity index (χ2n) is 4.67. The molecule has 21 heavy (non-hydrogen) atoms. The van der Waals surface area contributed by atoms with Gasteiger partial charge in [-0.1, -0.05) is 12.1 Å². The molecule has 2 aromatic rings. The van der Waals surface area contributed by atoms with E-state index in [0.717, 1.165) is 23.3 Å². The van der Waals surface area contributed by atoms with Crippen LogP contribution in [0.2, 0.25) is 0 Å². The molecule has 110 valence electrons. The molecule has 5 nitrogen and oxygen atoms in total. The molecule has 0 aliphatic carbocycles. The van der Waals surface area contributed by atoms with Gasteiger partial charge in [0.1, 0.15) is 5.75 Å². The Bertz CT molecular complexity index is 615. The van der Waals surface area contributed by atoms with Gasteiger partial charge >= 0.3 is 0 Å². The Morgan fingerprint density at radius 1 is 1.38 bits per heavy atom. The zero-order chi connectivity index (χ0) is 15.1. The Labute approximate surface area is 124 Å². The van der Waals surface area contributed by atoms with Crippen molar-refractivity contribution in [2.45, 2.75) is 6.42 Å². The van der Waals surface area contributed by atoms with E-state index in [-0.39, 0.29) is 5.91 Å². The van der Waals surface area contributed by atoms with Crippen LogP contribution < -0.4 is 10.1 Å². The van der Waals surface area contributed by atoms with E-state index in [0.29, 0.717) is 6.54 Å². The number of methoxy groups -OCH3 is 1. The fraction of sp³-hybridized carbons (Fsp3) is 0.250. The van der Waals surface area contributed by atoms with Crippen LogP contribution in [0, 0.1) is 0 Å². The van der Waals surface area contributed by atoms with Gasteiger partial charge in [-0.05, 0) is 30.2 Å². The van der Waals surface area contributed by atoms with Gasteiger partial charge in [0, 0.05) is 31.4 Å². The standard InChI is InChI=1S/C16H19N3O2/c1-19-12-14(11-18-19)5-8-16(20)17-10-9-13-3-6-15(21-2)7-4-13/h3-8,11-12H,9-10H2,1-2H3,(H,17,20)/b8-5+. The minimum atomic E-state index is -0.104. The third-order valence-electron chi connectivity index (χ3n) is 3.02. The average molecular weight is 285 g/mol. The van der Waals surface area contributed by atoms with Crippen LogP contribution in [0.15, 0.2) is 42.7 Å². The summed E-state index contributed by atoms with van der Waals surface area (Å²) in [4.78, 5) is 11.7. The fourth-order valence-electron chi connectivity index (χ4n) is 1.88. The predicted octanol–water partition coefficient (Wildman–Crippen LogP) is 1.80. The quantitative estimate of drug-likeness (QED) is 0.823. The van der Waals surface area contributed by atoms with E-state index in [1.54, 1.807) is 24.1 Å². The molecule has 1 N–H and O–H groups in total. The number of benzene rings is 1. The summed E-state index contributed by atoms with van der Waals surface area (Å²) in [6.07, 6.45) is 7.61. The summed E-state index contributed by atoms with van der Waals surface area (Å²) in [5.41, 5.74) is 2.06. The Hall–Kier alpha value is -2.56. The van der Waals surface area contributed by atoms with Crippen LogP contribution in [-0.2, 0) is 18.3 Å². The Morgan fingerprint density at radius 2 is 2.14 bits per heavy atom. The molecule has 1 heterocycles. The van der Waals surface area contributed by atoms with E-state index < -0.39 is 0 Å². The van der Waals surface area contributed by atoms with E-state index >= 15 is 0 Å². The van der Waals surface area contributed by atoms with Gasteiger partial charge in [0.15, 0.2) is 0 Å². The van der Waals surface area contributed by atoms with Gasteiger partial charge in [0.25, 0.3) is 0 Å². The fourth-order valence-corrected chi connectivity index (χ4v) is 1.88. The van der Waals surface area contributed by atoms with Gasteiger partial charge in [0.2, 0.25) is 5.91 Å². The first-order valence-electron chi connectivity index (χ1n) is 6.75. The van der Waals surface area contributed by atoms with Crippen molar-refractivity contribution in [3.63, 3.8) is 0 Å².